The molecule has 1 saturated carbocycles. The number of aryl methyl sites for hydroxylation is 2. The number of rotatable bonds is 5. The zero-order valence-electron chi connectivity index (χ0n) is 9.95. The zero-order chi connectivity index (χ0) is 10.8. The van der Waals surface area contributed by atoms with Crippen LogP contribution in [0.1, 0.15) is 30.7 Å². The second kappa shape index (κ2) is 4.35. The van der Waals surface area contributed by atoms with Crippen LogP contribution in [-0.2, 0) is 13.5 Å². The van der Waals surface area contributed by atoms with E-state index in [9.17, 15) is 0 Å². The van der Waals surface area contributed by atoms with Crippen LogP contribution >= 0.6 is 0 Å². The number of aromatic nitrogens is 2. The average Bonchev–Trinajstić information content (AvgIpc) is 2.93. The minimum absolute atomic E-state index is 0.618. The molecule has 1 aliphatic carbocycles. The lowest BCUT2D eigenvalue weighted by atomic mass is 10.0. The highest BCUT2D eigenvalue weighted by Gasteiger charge is 2.25. The highest BCUT2D eigenvalue weighted by atomic mass is 15.3. The minimum Gasteiger partial charge on any atom is -0.317 e. The van der Waals surface area contributed by atoms with Crippen LogP contribution in [0.2, 0.25) is 0 Å². The van der Waals surface area contributed by atoms with Crippen molar-refractivity contribution in [2.75, 3.05) is 7.05 Å². The van der Waals surface area contributed by atoms with E-state index in [1.807, 2.05) is 11.7 Å². The molecular weight excluding hydrogens is 186 g/mol. The molecule has 1 aromatic rings. The normalized spacial score (nSPS) is 18.1. The molecule has 0 spiro atoms. The molecule has 15 heavy (non-hydrogen) atoms. The molecule has 3 nitrogen and oxygen atoms in total. The van der Waals surface area contributed by atoms with Gasteiger partial charge in [0, 0.05) is 25.2 Å². The van der Waals surface area contributed by atoms with Crippen LogP contribution in [0.25, 0.3) is 0 Å². The largest absolute Gasteiger partial charge is 0.317 e. The van der Waals surface area contributed by atoms with Crippen LogP contribution in [-0.4, -0.2) is 22.9 Å². The van der Waals surface area contributed by atoms with Gasteiger partial charge in [-0.15, -0.1) is 0 Å². The first-order chi connectivity index (χ1) is 7.19. The summed E-state index contributed by atoms with van der Waals surface area (Å²) in [6.45, 7) is 2.05. The summed E-state index contributed by atoms with van der Waals surface area (Å²) in [5.74, 6) is 0.983. The van der Waals surface area contributed by atoms with Crippen molar-refractivity contribution in [3.63, 3.8) is 0 Å². The summed E-state index contributed by atoms with van der Waals surface area (Å²) in [5.41, 5.74) is 2.46. The molecular formula is C12H21N3. The summed E-state index contributed by atoms with van der Waals surface area (Å²) in [4.78, 5) is 0. The van der Waals surface area contributed by atoms with Gasteiger partial charge in [0.15, 0.2) is 0 Å². The first-order valence-corrected chi connectivity index (χ1v) is 5.86. The smallest absolute Gasteiger partial charge is 0.0596 e. The number of hydrogen-bond donors (Lipinski definition) is 1. The zero-order valence-corrected chi connectivity index (χ0v) is 9.95. The second-order valence-electron chi connectivity index (χ2n) is 4.77. The highest BCUT2D eigenvalue weighted by molar-refractivity contribution is 5.10. The molecule has 0 radical (unpaired) electrons. The van der Waals surface area contributed by atoms with E-state index in [0.29, 0.717) is 6.04 Å². The lowest BCUT2D eigenvalue weighted by molar-refractivity contribution is 0.477. The lowest BCUT2D eigenvalue weighted by Crippen LogP contribution is -2.28. The van der Waals surface area contributed by atoms with Crippen molar-refractivity contribution in [1.29, 1.82) is 0 Å². The van der Waals surface area contributed by atoms with Gasteiger partial charge in [-0.2, -0.15) is 5.10 Å². The van der Waals surface area contributed by atoms with Gasteiger partial charge in [-0.1, -0.05) is 12.8 Å². The van der Waals surface area contributed by atoms with E-state index in [0.717, 1.165) is 18.0 Å². The van der Waals surface area contributed by atoms with Crippen LogP contribution in [0.5, 0.6) is 0 Å². The fraction of sp³-hybridized carbons (Fsp3) is 0.750. The first-order valence-electron chi connectivity index (χ1n) is 5.86. The number of likely N-dealkylation sites (N-methyl/N-ethyl adjacent to an activating group) is 1. The molecule has 0 saturated heterocycles. The molecule has 2 rings (SSSR count). The Morgan fingerprint density at radius 3 is 2.80 bits per heavy atom. The van der Waals surface area contributed by atoms with Gasteiger partial charge in [0.05, 0.1) is 5.69 Å². The SMILES string of the molecule is CNC(Cc1cc(C)nn1C)CC1CC1. The van der Waals surface area contributed by atoms with E-state index >= 15 is 0 Å². The molecule has 1 aliphatic rings. The van der Waals surface area contributed by atoms with E-state index in [1.165, 1.54) is 25.0 Å². The average molecular weight is 207 g/mol. The van der Waals surface area contributed by atoms with Gasteiger partial charge >= 0.3 is 0 Å². The van der Waals surface area contributed by atoms with Gasteiger partial charge in [-0.3, -0.25) is 4.68 Å². The van der Waals surface area contributed by atoms with Crippen LogP contribution in [0, 0.1) is 12.8 Å². The third kappa shape index (κ3) is 2.81. The van der Waals surface area contributed by atoms with E-state index in [4.69, 9.17) is 0 Å². The summed E-state index contributed by atoms with van der Waals surface area (Å²) in [7, 11) is 4.10. The Morgan fingerprint density at radius 2 is 2.33 bits per heavy atom. The molecule has 0 aliphatic heterocycles. The predicted octanol–water partition coefficient (Wildman–Crippen LogP) is 1.66. The molecule has 0 amide bonds. The second-order valence-corrected chi connectivity index (χ2v) is 4.77. The summed E-state index contributed by atoms with van der Waals surface area (Å²) in [6, 6.07) is 2.81. The van der Waals surface area contributed by atoms with Gasteiger partial charge in [-0.05, 0) is 32.4 Å². The first kappa shape index (κ1) is 10.7. The van der Waals surface area contributed by atoms with E-state index in [-0.39, 0.29) is 0 Å². The maximum atomic E-state index is 4.38. The van der Waals surface area contributed by atoms with Crippen LogP contribution in [0.3, 0.4) is 0 Å². The monoisotopic (exact) mass is 207 g/mol. The summed E-state index contributed by atoms with van der Waals surface area (Å²) in [5, 5.41) is 7.80. The third-order valence-corrected chi connectivity index (χ3v) is 3.28. The minimum atomic E-state index is 0.618. The Hall–Kier alpha value is -0.830. The lowest BCUT2D eigenvalue weighted by Gasteiger charge is -2.15. The fourth-order valence-corrected chi connectivity index (χ4v) is 2.17. The Morgan fingerprint density at radius 1 is 1.60 bits per heavy atom. The predicted molar refractivity (Wildman–Crippen MR) is 61.8 cm³/mol. The van der Waals surface area contributed by atoms with Crippen molar-refractivity contribution in [3.8, 4) is 0 Å². The van der Waals surface area contributed by atoms with Gasteiger partial charge in [-0.25, -0.2) is 0 Å². The summed E-state index contributed by atoms with van der Waals surface area (Å²) in [6.07, 6.45) is 5.29. The van der Waals surface area contributed by atoms with Crippen molar-refractivity contribution in [2.24, 2.45) is 13.0 Å². The Balaban J connectivity index is 1.95. The Kier molecular flexibility index (Phi) is 3.10. The van der Waals surface area contributed by atoms with Crippen molar-refractivity contribution >= 4 is 0 Å². The van der Waals surface area contributed by atoms with E-state index < -0.39 is 0 Å². The van der Waals surface area contributed by atoms with Gasteiger partial charge in [0.1, 0.15) is 0 Å². The van der Waals surface area contributed by atoms with Crippen LogP contribution < -0.4 is 5.32 Å². The van der Waals surface area contributed by atoms with Crippen molar-refractivity contribution < 1.29 is 0 Å². The Labute approximate surface area is 91.9 Å². The highest BCUT2D eigenvalue weighted by Crippen LogP contribution is 2.34. The molecule has 1 heterocycles. The fourth-order valence-electron chi connectivity index (χ4n) is 2.17. The van der Waals surface area contributed by atoms with E-state index in [2.05, 4.69) is 30.5 Å². The van der Waals surface area contributed by atoms with Gasteiger partial charge in [0.2, 0.25) is 0 Å². The maximum absolute atomic E-state index is 4.38. The molecule has 0 aromatic carbocycles. The van der Waals surface area contributed by atoms with Crippen molar-refractivity contribution in [1.82, 2.24) is 15.1 Å². The van der Waals surface area contributed by atoms with Crippen molar-refractivity contribution in [2.45, 2.75) is 38.6 Å². The van der Waals surface area contributed by atoms with Gasteiger partial charge < -0.3 is 5.32 Å². The van der Waals surface area contributed by atoms with E-state index in [1.54, 1.807) is 0 Å². The summed E-state index contributed by atoms with van der Waals surface area (Å²) >= 11 is 0. The molecule has 1 unspecified atom stereocenters. The standard InChI is InChI=1S/C12H21N3/c1-9-6-12(15(3)14-9)8-11(13-2)7-10-4-5-10/h6,10-11,13H,4-5,7-8H2,1-3H3. The van der Waals surface area contributed by atoms with Crippen LogP contribution in [0.15, 0.2) is 6.07 Å². The molecule has 1 aromatic heterocycles. The number of nitrogens with one attached hydrogen (secondary N) is 1. The number of nitrogens with zero attached hydrogens (tertiary/aromatic N) is 2. The topological polar surface area (TPSA) is 29.9 Å². The third-order valence-electron chi connectivity index (χ3n) is 3.28. The van der Waals surface area contributed by atoms with Gasteiger partial charge in [0.25, 0.3) is 0 Å². The van der Waals surface area contributed by atoms with Crippen molar-refractivity contribution in [3.05, 3.63) is 17.5 Å². The summed E-state index contributed by atoms with van der Waals surface area (Å²) < 4.78 is 2.01. The molecule has 3 heteroatoms. The molecule has 1 atom stereocenters. The Bertz CT molecular complexity index is 326. The quantitative estimate of drug-likeness (QED) is 0.796. The molecule has 0 bridgehead atoms. The van der Waals surface area contributed by atoms with Crippen LogP contribution in [0.4, 0.5) is 0 Å². The molecule has 84 valence electrons. The molecule has 1 N–H and O–H groups in total. The maximum Gasteiger partial charge on any atom is 0.0596 e. The molecule has 1 fully saturated rings. The number of hydrogen-bond acceptors (Lipinski definition) is 2.